The van der Waals surface area contributed by atoms with Gasteiger partial charge in [-0.15, -0.1) is 11.3 Å². The van der Waals surface area contributed by atoms with Crippen LogP contribution in [0.4, 0.5) is 9.39 Å². The van der Waals surface area contributed by atoms with Crippen LogP contribution in [0.2, 0.25) is 0 Å². The van der Waals surface area contributed by atoms with Crippen LogP contribution in [0.5, 0.6) is 0 Å². The third-order valence-electron chi connectivity index (χ3n) is 5.67. The molecule has 0 aliphatic carbocycles. The van der Waals surface area contributed by atoms with Gasteiger partial charge in [-0.1, -0.05) is 30.3 Å². The third kappa shape index (κ3) is 5.59. The lowest BCUT2D eigenvalue weighted by molar-refractivity contribution is -0.117. The number of rotatable bonds is 7. The average molecular weight is 518 g/mol. The number of methoxy groups -OCH3 is 1. The first-order chi connectivity index (χ1) is 16.8. The number of carbonyl (C=O) groups excluding carboxylic acids is 2. The molecule has 0 radical (unpaired) electrons. The lowest BCUT2D eigenvalue weighted by Crippen LogP contribution is -2.50. The van der Waals surface area contributed by atoms with E-state index >= 15 is 0 Å². The molecule has 0 unspecified atom stereocenters. The number of esters is 1. The van der Waals surface area contributed by atoms with Gasteiger partial charge < -0.3 is 10.1 Å². The number of piperazine rings is 1. The molecule has 11 heteroatoms. The largest absolute Gasteiger partial charge is 0.465 e. The van der Waals surface area contributed by atoms with E-state index in [0.29, 0.717) is 29.2 Å². The van der Waals surface area contributed by atoms with Crippen LogP contribution in [-0.4, -0.2) is 69.3 Å². The van der Waals surface area contributed by atoms with Gasteiger partial charge in [0, 0.05) is 37.1 Å². The SMILES string of the molecule is COC(=O)c1c(-c2ccc(F)cc2)csc1NC(=O)CN1CCN(S(=O)(=O)c2ccccc2)CC1. The molecule has 3 aromatic rings. The number of anilines is 1. The Bertz CT molecular complexity index is 1300. The monoisotopic (exact) mass is 517 g/mol. The van der Waals surface area contributed by atoms with E-state index in [1.54, 1.807) is 47.8 Å². The normalized spacial score (nSPS) is 15.0. The van der Waals surface area contributed by atoms with Gasteiger partial charge in [0.15, 0.2) is 0 Å². The van der Waals surface area contributed by atoms with Gasteiger partial charge in [0.2, 0.25) is 15.9 Å². The van der Waals surface area contributed by atoms with Crippen LogP contribution < -0.4 is 5.32 Å². The van der Waals surface area contributed by atoms with E-state index in [-0.39, 0.29) is 36.0 Å². The van der Waals surface area contributed by atoms with Gasteiger partial charge >= 0.3 is 5.97 Å². The number of hydrogen-bond donors (Lipinski definition) is 1. The molecule has 35 heavy (non-hydrogen) atoms. The number of nitrogens with one attached hydrogen (secondary N) is 1. The quantitative estimate of drug-likeness (QED) is 0.484. The van der Waals surface area contributed by atoms with Gasteiger partial charge in [-0.25, -0.2) is 17.6 Å². The zero-order valence-corrected chi connectivity index (χ0v) is 20.6. The Hall–Kier alpha value is -3.12. The summed E-state index contributed by atoms with van der Waals surface area (Å²) in [5.41, 5.74) is 1.37. The van der Waals surface area contributed by atoms with Crippen molar-refractivity contribution in [3.05, 3.63) is 71.4 Å². The lowest BCUT2D eigenvalue weighted by Gasteiger charge is -2.33. The van der Waals surface area contributed by atoms with Crippen molar-refractivity contribution in [2.24, 2.45) is 0 Å². The number of nitrogens with zero attached hydrogens (tertiary/aromatic N) is 2. The number of thiophene rings is 1. The minimum Gasteiger partial charge on any atom is -0.465 e. The third-order valence-corrected chi connectivity index (χ3v) is 8.48. The van der Waals surface area contributed by atoms with Crippen LogP contribution in [0.15, 0.2) is 64.9 Å². The van der Waals surface area contributed by atoms with Crippen LogP contribution in [0.3, 0.4) is 0 Å². The van der Waals surface area contributed by atoms with Crippen molar-refractivity contribution in [1.82, 2.24) is 9.21 Å². The fourth-order valence-corrected chi connectivity index (χ4v) is 6.25. The Labute approximate surface area is 207 Å². The summed E-state index contributed by atoms with van der Waals surface area (Å²) in [4.78, 5) is 27.3. The average Bonchev–Trinajstić information content (AvgIpc) is 3.28. The molecule has 184 valence electrons. The first kappa shape index (κ1) is 25.0. The maximum atomic E-state index is 13.3. The van der Waals surface area contributed by atoms with Crippen LogP contribution in [-0.2, 0) is 19.6 Å². The zero-order chi connectivity index (χ0) is 25.0. The highest BCUT2D eigenvalue weighted by Crippen LogP contribution is 2.36. The molecule has 2 aromatic carbocycles. The Morgan fingerprint density at radius 3 is 2.31 bits per heavy atom. The van der Waals surface area contributed by atoms with Crippen LogP contribution in [0.25, 0.3) is 11.1 Å². The maximum Gasteiger partial charge on any atom is 0.341 e. The number of amides is 1. The van der Waals surface area contributed by atoms with E-state index in [2.05, 4.69) is 5.32 Å². The molecule has 2 heterocycles. The molecule has 0 saturated carbocycles. The van der Waals surface area contributed by atoms with Crippen LogP contribution in [0, 0.1) is 5.82 Å². The molecule has 1 aromatic heterocycles. The molecule has 1 saturated heterocycles. The number of benzene rings is 2. The van der Waals surface area contributed by atoms with Crippen molar-refractivity contribution in [1.29, 1.82) is 0 Å². The molecule has 1 fully saturated rings. The second-order valence-electron chi connectivity index (χ2n) is 7.89. The van der Waals surface area contributed by atoms with Crippen molar-refractivity contribution in [2.45, 2.75) is 4.90 Å². The summed E-state index contributed by atoms with van der Waals surface area (Å²) in [5.74, 6) is -1.34. The van der Waals surface area contributed by atoms with Crippen molar-refractivity contribution in [2.75, 3.05) is 45.2 Å². The van der Waals surface area contributed by atoms with Crippen molar-refractivity contribution in [3.8, 4) is 11.1 Å². The predicted molar refractivity (Wildman–Crippen MR) is 131 cm³/mol. The molecule has 1 aliphatic heterocycles. The first-order valence-electron chi connectivity index (χ1n) is 10.8. The van der Waals surface area contributed by atoms with E-state index in [1.165, 1.54) is 34.9 Å². The minimum absolute atomic E-state index is 0.0453. The summed E-state index contributed by atoms with van der Waals surface area (Å²) in [6.07, 6.45) is 0. The summed E-state index contributed by atoms with van der Waals surface area (Å²) >= 11 is 1.18. The lowest BCUT2D eigenvalue weighted by atomic mass is 10.0. The summed E-state index contributed by atoms with van der Waals surface area (Å²) in [5, 5.41) is 4.82. The standard InChI is InChI=1S/C24H24FN3O5S2/c1-33-24(30)22-20(17-7-9-18(25)10-8-17)16-34-23(22)26-21(29)15-27-11-13-28(14-12-27)35(31,32)19-5-3-2-4-6-19/h2-10,16H,11-15H2,1H3,(H,26,29). The second-order valence-corrected chi connectivity index (χ2v) is 10.7. The summed E-state index contributed by atoms with van der Waals surface area (Å²) in [6, 6.07) is 14.0. The van der Waals surface area contributed by atoms with Gasteiger partial charge in [0.1, 0.15) is 16.4 Å². The van der Waals surface area contributed by atoms with Gasteiger partial charge in [-0.3, -0.25) is 9.69 Å². The first-order valence-corrected chi connectivity index (χ1v) is 13.1. The second kappa shape index (κ2) is 10.6. The summed E-state index contributed by atoms with van der Waals surface area (Å²) < 4.78 is 45.2. The predicted octanol–water partition coefficient (Wildman–Crippen LogP) is 3.29. The smallest absolute Gasteiger partial charge is 0.341 e. The molecule has 0 bridgehead atoms. The molecule has 4 rings (SSSR count). The minimum atomic E-state index is -3.57. The number of hydrogen-bond acceptors (Lipinski definition) is 7. The van der Waals surface area contributed by atoms with E-state index < -0.39 is 21.8 Å². The number of sulfonamides is 1. The molecular weight excluding hydrogens is 493 g/mol. The van der Waals surface area contributed by atoms with Gasteiger partial charge in [-0.2, -0.15) is 4.31 Å². The molecule has 0 atom stereocenters. The molecule has 0 spiro atoms. The highest BCUT2D eigenvalue weighted by Gasteiger charge is 2.29. The fraction of sp³-hybridized carbons (Fsp3) is 0.250. The maximum absolute atomic E-state index is 13.3. The van der Waals surface area contributed by atoms with Crippen molar-refractivity contribution >= 4 is 38.2 Å². The molecular formula is C24H24FN3O5S2. The van der Waals surface area contributed by atoms with Gasteiger partial charge in [-0.05, 0) is 29.8 Å². The topological polar surface area (TPSA) is 96.0 Å². The highest BCUT2D eigenvalue weighted by atomic mass is 32.2. The summed E-state index contributed by atoms with van der Waals surface area (Å²) in [7, 11) is -2.32. The number of ether oxygens (including phenoxy) is 1. The molecule has 1 aliphatic rings. The number of carbonyl (C=O) groups is 2. The van der Waals surface area contributed by atoms with Crippen molar-refractivity contribution in [3.63, 3.8) is 0 Å². The van der Waals surface area contributed by atoms with E-state index in [4.69, 9.17) is 4.74 Å². The van der Waals surface area contributed by atoms with E-state index in [0.717, 1.165) is 0 Å². The Morgan fingerprint density at radius 1 is 1.03 bits per heavy atom. The zero-order valence-electron chi connectivity index (χ0n) is 18.9. The van der Waals surface area contributed by atoms with E-state index in [1.807, 2.05) is 4.90 Å². The molecule has 1 N–H and O–H groups in total. The van der Waals surface area contributed by atoms with Gasteiger partial charge in [0.25, 0.3) is 0 Å². The van der Waals surface area contributed by atoms with Crippen LogP contribution in [0.1, 0.15) is 10.4 Å². The Morgan fingerprint density at radius 2 is 1.69 bits per heavy atom. The Kier molecular flexibility index (Phi) is 7.60. The Balaban J connectivity index is 1.40. The molecule has 1 amide bonds. The van der Waals surface area contributed by atoms with Crippen LogP contribution >= 0.6 is 11.3 Å². The van der Waals surface area contributed by atoms with Crippen molar-refractivity contribution < 1.29 is 27.1 Å². The van der Waals surface area contributed by atoms with Gasteiger partial charge in [0.05, 0.1) is 18.6 Å². The summed E-state index contributed by atoms with van der Waals surface area (Å²) in [6.45, 7) is 1.38. The highest BCUT2D eigenvalue weighted by molar-refractivity contribution is 7.89. The molecule has 8 nitrogen and oxygen atoms in total. The fourth-order valence-electron chi connectivity index (χ4n) is 3.84. The number of halogens is 1. The van der Waals surface area contributed by atoms with E-state index in [9.17, 15) is 22.4 Å².